The number of hydrogen-bond donors (Lipinski definition) is 2. The second-order valence-corrected chi connectivity index (χ2v) is 6.79. The summed E-state index contributed by atoms with van der Waals surface area (Å²) in [6.07, 6.45) is 0.250. The normalized spacial score (nSPS) is 9.28. The molecular formula is C19H18N6O2S2. The number of nitrogens with two attached hydrogens (primary N) is 1. The summed E-state index contributed by atoms with van der Waals surface area (Å²) >= 11 is 2.74. The van der Waals surface area contributed by atoms with Crippen molar-refractivity contribution in [1.29, 1.82) is 0 Å². The molecule has 3 N–H and O–H groups in total. The lowest BCUT2D eigenvalue weighted by Gasteiger charge is -2.01. The van der Waals surface area contributed by atoms with Crippen molar-refractivity contribution in [3.05, 3.63) is 60.7 Å². The lowest BCUT2D eigenvalue weighted by atomic mass is 10.2. The van der Waals surface area contributed by atoms with Crippen LogP contribution in [0.5, 0.6) is 0 Å². The van der Waals surface area contributed by atoms with Gasteiger partial charge in [0.2, 0.25) is 0 Å². The number of nitrogens with zero attached hydrogens (tertiary/aromatic N) is 4. The van der Waals surface area contributed by atoms with Crippen LogP contribution in [0.15, 0.2) is 60.7 Å². The van der Waals surface area contributed by atoms with E-state index in [2.05, 4.69) is 36.6 Å². The number of hydrogen-bond acceptors (Lipinski definition) is 10. The predicted molar refractivity (Wildman–Crippen MR) is 114 cm³/mol. The molecule has 0 aliphatic heterocycles. The van der Waals surface area contributed by atoms with Crippen LogP contribution < -0.4 is 11.1 Å². The molecule has 2 heterocycles. The molecule has 0 radical (unpaired) electrons. The van der Waals surface area contributed by atoms with Crippen LogP contribution in [-0.4, -0.2) is 31.9 Å². The van der Waals surface area contributed by atoms with Crippen molar-refractivity contribution in [2.75, 3.05) is 17.6 Å². The van der Waals surface area contributed by atoms with E-state index < -0.39 is 0 Å². The van der Waals surface area contributed by atoms with Gasteiger partial charge in [-0.25, -0.2) is 0 Å². The van der Waals surface area contributed by atoms with Crippen molar-refractivity contribution in [3.8, 4) is 20.9 Å². The van der Waals surface area contributed by atoms with Crippen molar-refractivity contribution < 1.29 is 9.59 Å². The zero-order valence-corrected chi connectivity index (χ0v) is 17.1. The van der Waals surface area contributed by atoms with Gasteiger partial charge in [-0.15, -0.1) is 10.2 Å². The summed E-state index contributed by atoms with van der Waals surface area (Å²) in [4.78, 5) is 18.3. The molecule has 0 amide bonds. The summed E-state index contributed by atoms with van der Waals surface area (Å²) in [6.45, 7) is 2.92. The molecule has 0 saturated carbocycles. The Morgan fingerprint density at radius 2 is 1.34 bits per heavy atom. The average molecular weight is 427 g/mol. The second kappa shape index (κ2) is 12.1. The minimum Gasteiger partial charge on any atom is -0.381 e. The second-order valence-electron chi connectivity index (χ2n) is 5.28. The summed E-state index contributed by atoms with van der Waals surface area (Å²) in [5.41, 5.74) is 7.85. The van der Waals surface area contributed by atoms with E-state index in [4.69, 9.17) is 15.3 Å². The van der Waals surface area contributed by atoms with E-state index in [1.165, 1.54) is 28.6 Å². The summed E-state index contributed by atoms with van der Waals surface area (Å²) in [5.74, 6) is 1.38. The van der Waals surface area contributed by atoms with Crippen molar-refractivity contribution in [2.24, 2.45) is 0 Å². The molecule has 2 aromatic carbocycles. The van der Waals surface area contributed by atoms with Crippen LogP contribution in [0.25, 0.3) is 20.9 Å². The van der Waals surface area contributed by atoms with Crippen LogP contribution in [0.2, 0.25) is 0 Å². The highest BCUT2D eigenvalue weighted by Gasteiger charge is 2.08. The van der Waals surface area contributed by atoms with Crippen molar-refractivity contribution in [2.45, 2.75) is 6.92 Å². The molecule has 0 bridgehead atoms. The first-order valence-corrected chi connectivity index (χ1v) is 10.00. The molecule has 29 heavy (non-hydrogen) atoms. The Balaban J connectivity index is 0.000000184. The third-order valence-corrected chi connectivity index (χ3v) is 4.98. The Morgan fingerprint density at radius 1 is 0.862 bits per heavy atom. The highest BCUT2D eigenvalue weighted by atomic mass is 32.1. The quantitative estimate of drug-likeness (QED) is 0.504. The Bertz CT molecular complexity index is 1020. The summed E-state index contributed by atoms with van der Waals surface area (Å²) in [7, 11) is 0. The SMILES string of the molecule is CCNc1nnsc1-c1ccccc1.Nc1nnsc1-c1ccccc1.O=C=O. The summed E-state index contributed by atoms with van der Waals surface area (Å²) in [6, 6.07) is 20.1. The number of nitrogen functional groups attached to an aromatic ring is 1. The maximum absolute atomic E-state index is 8.12. The van der Waals surface area contributed by atoms with Gasteiger partial charge in [0.15, 0.2) is 11.6 Å². The van der Waals surface area contributed by atoms with E-state index >= 15 is 0 Å². The minimum absolute atomic E-state index is 0.250. The molecule has 148 valence electrons. The number of nitrogens with one attached hydrogen (secondary N) is 1. The van der Waals surface area contributed by atoms with Gasteiger partial charge in [0.05, 0.1) is 9.75 Å². The van der Waals surface area contributed by atoms with Gasteiger partial charge in [-0.05, 0) is 41.1 Å². The van der Waals surface area contributed by atoms with Crippen LogP contribution in [0, 0.1) is 0 Å². The van der Waals surface area contributed by atoms with E-state index in [1.807, 2.05) is 55.5 Å². The molecular weight excluding hydrogens is 408 g/mol. The molecule has 0 fully saturated rings. The fourth-order valence-corrected chi connectivity index (χ4v) is 3.47. The van der Waals surface area contributed by atoms with Gasteiger partial charge < -0.3 is 11.1 Å². The Kier molecular flexibility index (Phi) is 9.10. The molecule has 0 unspecified atom stereocenters. The predicted octanol–water partition coefficient (Wildman–Crippen LogP) is 3.84. The van der Waals surface area contributed by atoms with E-state index in [0.717, 1.165) is 27.7 Å². The lowest BCUT2D eigenvalue weighted by molar-refractivity contribution is -0.191. The van der Waals surface area contributed by atoms with E-state index in [0.29, 0.717) is 5.82 Å². The van der Waals surface area contributed by atoms with Crippen molar-refractivity contribution in [3.63, 3.8) is 0 Å². The highest BCUT2D eigenvalue weighted by Crippen LogP contribution is 2.29. The maximum Gasteiger partial charge on any atom is 0.373 e. The van der Waals surface area contributed by atoms with E-state index in [9.17, 15) is 0 Å². The molecule has 0 atom stereocenters. The third-order valence-electron chi connectivity index (χ3n) is 3.42. The highest BCUT2D eigenvalue weighted by molar-refractivity contribution is 7.10. The molecule has 2 aromatic heterocycles. The first-order valence-electron chi connectivity index (χ1n) is 8.45. The zero-order valence-electron chi connectivity index (χ0n) is 15.5. The molecule has 10 heteroatoms. The molecule has 4 aromatic rings. The van der Waals surface area contributed by atoms with Crippen molar-refractivity contribution >= 4 is 40.9 Å². The summed E-state index contributed by atoms with van der Waals surface area (Å²) < 4.78 is 7.71. The van der Waals surface area contributed by atoms with Gasteiger partial charge in [0.25, 0.3) is 0 Å². The molecule has 4 rings (SSSR count). The molecule has 0 aliphatic carbocycles. The first-order chi connectivity index (χ1) is 14.2. The van der Waals surface area contributed by atoms with Gasteiger partial charge in [-0.1, -0.05) is 69.6 Å². The van der Waals surface area contributed by atoms with E-state index in [1.54, 1.807) is 0 Å². The number of anilines is 2. The zero-order chi connectivity index (χ0) is 20.9. The minimum atomic E-state index is 0.250. The standard InChI is InChI=1S/C10H11N3S.C8H7N3S.CO2/c1-2-11-10-9(14-13-12-10)8-6-4-3-5-7-8;9-8-7(12-11-10-8)6-4-2-1-3-5-6;2-1-3/h3-7,11H,2H2,1H3;1-5H,9H2;. The van der Waals surface area contributed by atoms with Gasteiger partial charge in [-0.2, -0.15) is 9.59 Å². The maximum atomic E-state index is 8.12. The lowest BCUT2D eigenvalue weighted by Crippen LogP contribution is -1.97. The number of rotatable bonds is 4. The van der Waals surface area contributed by atoms with Crippen LogP contribution in [0.1, 0.15) is 6.92 Å². The number of carbonyl (C=O) groups excluding carboxylic acids is 2. The number of aromatic nitrogens is 4. The van der Waals surface area contributed by atoms with Gasteiger partial charge in [-0.3, -0.25) is 0 Å². The fourth-order valence-electron chi connectivity index (χ4n) is 2.24. The summed E-state index contributed by atoms with van der Waals surface area (Å²) in [5, 5.41) is 11.0. The van der Waals surface area contributed by atoms with E-state index in [-0.39, 0.29) is 6.15 Å². The van der Waals surface area contributed by atoms with Crippen molar-refractivity contribution in [1.82, 2.24) is 19.2 Å². The monoisotopic (exact) mass is 426 g/mol. The Morgan fingerprint density at radius 3 is 1.83 bits per heavy atom. The van der Waals surface area contributed by atoms with Gasteiger partial charge >= 0.3 is 6.15 Å². The number of benzene rings is 2. The smallest absolute Gasteiger partial charge is 0.373 e. The largest absolute Gasteiger partial charge is 0.381 e. The Labute approximate surface area is 175 Å². The van der Waals surface area contributed by atoms with Gasteiger partial charge in [0.1, 0.15) is 0 Å². The molecule has 8 nitrogen and oxygen atoms in total. The third kappa shape index (κ3) is 6.58. The topological polar surface area (TPSA) is 124 Å². The molecule has 0 saturated heterocycles. The van der Waals surface area contributed by atoms with Crippen LogP contribution in [-0.2, 0) is 9.59 Å². The van der Waals surface area contributed by atoms with Crippen LogP contribution >= 0.6 is 23.1 Å². The first kappa shape index (κ1) is 21.8. The Hall–Kier alpha value is -3.46. The molecule has 0 spiro atoms. The van der Waals surface area contributed by atoms with Crippen LogP contribution in [0.3, 0.4) is 0 Å². The van der Waals surface area contributed by atoms with Gasteiger partial charge in [0, 0.05) is 6.54 Å². The molecule has 0 aliphatic rings. The fraction of sp³-hybridized carbons (Fsp3) is 0.105. The van der Waals surface area contributed by atoms with Crippen LogP contribution in [0.4, 0.5) is 11.6 Å². The average Bonchev–Trinajstić information content (AvgIpc) is 3.40.